The van der Waals surface area contributed by atoms with Crippen LogP contribution < -0.4 is 5.73 Å². The van der Waals surface area contributed by atoms with Crippen LogP contribution in [-0.4, -0.2) is 15.0 Å². The Morgan fingerprint density at radius 1 is 1.44 bits per heavy atom. The molecule has 2 N–H and O–H groups in total. The molecule has 16 heavy (non-hydrogen) atoms. The molecule has 0 aliphatic rings. The van der Waals surface area contributed by atoms with Gasteiger partial charge in [0.25, 0.3) is 0 Å². The van der Waals surface area contributed by atoms with Gasteiger partial charge in [0.05, 0.1) is 11.4 Å². The van der Waals surface area contributed by atoms with Crippen LogP contribution in [0.2, 0.25) is 0 Å². The molecule has 0 unspecified atom stereocenters. The van der Waals surface area contributed by atoms with Gasteiger partial charge in [0.2, 0.25) is 0 Å². The van der Waals surface area contributed by atoms with Gasteiger partial charge >= 0.3 is 0 Å². The van der Waals surface area contributed by atoms with Crippen molar-refractivity contribution in [1.29, 1.82) is 0 Å². The van der Waals surface area contributed by atoms with Gasteiger partial charge in [-0.3, -0.25) is 0 Å². The Morgan fingerprint density at radius 3 is 2.88 bits per heavy atom. The van der Waals surface area contributed by atoms with E-state index in [2.05, 4.69) is 26.2 Å². The van der Waals surface area contributed by atoms with Crippen molar-refractivity contribution in [2.24, 2.45) is 0 Å². The highest BCUT2D eigenvalue weighted by atomic mass is 79.9. The van der Waals surface area contributed by atoms with E-state index < -0.39 is 0 Å². The standard InChI is InChI=1S/C11H13BrN4/c1-3-8-11(13)14-15-16(8)9-6-4-5-7(2)10(9)12/h4-6H,3,13H2,1-2H3. The highest BCUT2D eigenvalue weighted by Gasteiger charge is 2.12. The first kappa shape index (κ1) is 11.1. The molecule has 0 saturated carbocycles. The normalized spacial score (nSPS) is 10.7. The minimum Gasteiger partial charge on any atom is -0.381 e. The average Bonchev–Trinajstić information content (AvgIpc) is 2.63. The van der Waals surface area contributed by atoms with Crippen molar-refractivity contribution in [2.45, 2.75) is 20.3 Å². The predicted molar refractivity (Wildman–Crippen MR) is 67.6 cm³/mol. The van der Waals surface area contributed by atoms with E-state index >= 15 is 0 Å². The zero-order valence-corrected chi connectivity index (χ0v) is 10.8. The molecule has 5 heteroatoms. The molecular formula is C11H13BrN4. The smallest absolute Gasteiger partial charge is 0.169 e. The zero-order chi connectivity index (χ0) is 11.7. The Labute approximate surface area is 103 Å². The summed E-state index contributed by atoms with van der Waals surface area (Å²) >= 11 is 3.56. The lowest BCUT2D eigenvalue weighted by Gasteiger charge is -2.08. The molecule has 0 aliphatic heterocycles. The molecule has 0 spiro atoms. The lowest BCUT2D eigenvalue weighted by atomic mass is 10.2. The molecule has 0 fully saturated rings. The molecule has 0 aliphatic carbocycles. The summed E-state index contributed by atoms with van der Waals surface area (Å²) in [5.74, 6) is 0.496. The highest BCUT2D eigenvalue weighted by molar-refractivity contribution is 9.10. The monoisotopic (exact) mass is 280 g/mol. The van der Waals surface area contributed by atoms with Crippen molar-refractivity contribution in [3.05, 3.63) is 33.9 Å². The molecule has 4 nitrogen and oxygen atoms in total. The number of aryl methyl sites for hydroxylation is 1. The Kier molecular flexibility index (Phi) is 2.96. The van der Waals surface area contributed by atoms with Crippen molar-refractivity contribution in [3.63, 3.8) is 0 Å². The molecule has 0 radical (unpaired) electrons. The molecule has 1 aromatic carbocycles. The van der Waals surface area contributed by atoms with Crippen LogP contribution in [0, 0.1) is 6.92 Å². The molecule has 1 heterocycles. The Hall–Kier alpha value is -1.36. The van der Waals surface area contributed by atoms with Crippen LogP contribution in [0.3, 0.4) is 0 Å². The minimum atomic E-state index is 0.496. The maximum absolute atomic E-state index is 5.77. The summed E-state index contributed by atoms with van der Waals surface area (Å²) < 4.78 is 2.81. The van der Waals surface area contributed by atoms with E-state index in [1.165, 1.54) is 0 Å². The number of nitrogen functional groups attached to an aromatic ring is 1. The largest absolute Gasteiger partial charge is 0.381 e. The van der Waals surface area contributed by atoms with Gasteiger partial charge in [0, 0.05) is 4.47 Å². The molecule has 0 saturated heterocycles. The van der Waals surface area contributed by atoms with Gasteiger partial charge in [-0.2, -0.15) is 0 Å². The zero-order valence-electron chi connectivity index (χ0n) is 9.24. The van der Waals surface area contributed by atoms with E-state index in [0.29, 0.717) is 5.82 Å². The number of anilines is 1. The van der Waals surface area contributed by atoms with E-state index in [1.54, 1.807) is 4.68 Å². The summed E-state index contributed by atoms with van der Waals surface area (Å²) in [6, 6.07) is 6.02. The number of halogens is 1. The van der Waals surface area contributed by atoms with Crippen molar-refractivity contribution in [1.82, 2.24) is 15.0 Å². The van der Waals surface area contributed by atoms with Crippen LogP contribution >= 0.6 is 15.9 Å². The second kappa shape index (κ2) is 4.25. The quantitative estimate of drug-likeness (QED) is 0.920. The van der Waals surface area contributed by atoms with Crippen LogP contribution in [0.15, 0.2) is 22.7 Å². The van der Waals surface area contributed by atoms with Gasteiger partial charge in [0.15, 0.2) is 5.82 Å². The summed E-state index contributed by atoms with van der Waals surface area (Å²) in [6.07, 6.45) is 0.805. The fraction of sp³-hybridized carbons (Fsp3) is 0.273. The third kappa shape index (κ3) is 1.71. The van der Waals surface area contributed by atoms with Crippen molar-refractivity contribution in [3.8, 4) is 5.69 Å². The summed E-state index contributed by atoms with van der Waals surface area (Å²) in [5, 5.41) is 7.97. The number of nitrogens with zero attached hydrogens (tertiary/aromatic N) is 3. The SMILES string of the molecule is CCc1c(N)nnn1-c1cccc(C)c1Br. The number of hydrogen-bond acceptors (Lipinski definition) is 3. The number of hydrogen-bond donors (Lipinski definition) is 1. The Balaban J connectivity index is 2.63. The van der Waals surface area contributed by atoms with Gasteiger partial charge in [-0.25, -0.2) is 4.68 Å². The van der Waals surface area contributed by atoms with Gasteiger partial charge in [0.1, 0.15) is 0 Å². The topological polar surface area (TPSA) is 56.7 Å². The molecule has 0 amide bonds. The van der Waals surface area contributed by atoms with Crippen LogP contribution in [0.1, 0.15) is 18.2 Å². The van der Waals surface area contributed by atoms with E-state index in [-0.39, 0.29) is 0 Å². The second-order valence-electron chi connectivity index (χ2n) is 3.59. The molecule has 84 valence electrons. The van der Waals surface area contributed by atoms with Crippen LogP contribution in [0.4, 0.5) is 5.82 Å². The van der Waals surface area contributed by atoms with Gasteiger partial charge in [-0.05, 0) is 40.9 Å². The van der Waals surface area contributed by atoms with Crippen molar-refractivity contribution in [2.75, 3.05) is 5.73 Å². The van der Waals surface area contributed by atoms with Crippen LogP contribution in [-0.2, 0) is 6.42 Å². The minimum absolute atomic E-state index is 0.496. The van der Waals surface area contributed by atoms with Crippen LogP contribution in [0.25, 0.3) is 5.69 Å². The summed E-state index contributed by atoms with van der Waals surface area (Å²) in [7, 11) is 0. The number of benzene rings is 1. The Bertz CT molecular complexity index is 519. The van der Waals surface area contributed by atoms with E-state index in [0.717, 1.165) is 27.8 Å². The van der Waals surface area contributed by atoms with E-state index in [4.69, 9.17) is 5.73 Å². The third-order valence-electron chi connectivity index (χ3n) is 2.53. The molecule has 2 rings (SSSR count). The maximum atomic E-state index is 5.77. The number of rotatable bonds is 2. The first-order valence-electron chi connectivity index (χ1n) is 5.10. The summed E-state index contributed by atoms with van der Waals surface area (Å²) in [5.41, 5.74) is 8.84. The maximum Gasteiger partial charge on any atom is 0.169 e. The Morgan fingerprint density at radius 2 is 2.19 bits per heavy atom. The van der Waals surface area contributed by atoms with Gasteiger partial charge in [-0.15, -0.1) is 5.10 Å². The molecule has 0 atom stereocenters. The first-order valence-corrected chi connectivity index (χ1v) is 5.90. The van der Waals surface area contributed by atoms with Crippen LogP contribution in [0.5, 0.6) is 0 Å². The summed E-state index contributed by atoms with van der Waals surface area (Å²) in [6.45, 7) is 4.08. The van der Waals surface area contributed by atoms with E-state index in [1.807, 2.05) is 32.0 Å². The fourth-order valence-electron chi connectivity index (χ4n) is 1.63. The number of nitrogens with two attached hydrogens (primary N) is 1. The van der Waals surface area contributed by atoms with E-state index in [9.17, 15) is 0 Å². The lowest BCUT2D eigenvalue weighted by molar-refractivity contribution is 0.764. The van der Waals surface area contributed by atoms with Gasteiger partial charge < -0.3 is 5.73 Å². The predicted octanol–water partition coefficient (Wildman–Crippen LogP) is 2.48. The summed E-state index contributed by atoms with van der Waals surface area (Å²) in [4.78, 5) is 0. The number of aromatic nitrogens is 3. The fourth-order valence-corrected chi connectivity index (χ4v) is 2.07. The second-order valence-corrected chi connectivity index (χ2v) is 4.39. The van der Waals surface area contributed by atoms with Crippen molar-refractivity contribution < 1.29 is 0 Å². The lowest BCUT2D eigenvalue weighted by Crippen LogP contribution is -2.04. The highest BCUT2D eigenvalue weighted by Crippen LogP contribution is 2.26. The third-order valence-corrected chi connectivity index (χ3v) is 3.56. The molecule has 1 aromatic heterocycles. The van der Waals surface area contributed by atoms with Gasteiger partial charge in [-0.1, -0.05) is 24.3 Å². The molecular weight excluding hydrogens is 268 g/mol. The molecule has 2 aromatic rings. The molecule has 0 bridgehead atoms. The first-order chi connectivity index (χ1) is 7.65. The van der Waals surface area contributed by atoms with Crippen molar-refractivity contribution >= 4 is 21.7 Å². The average molecular weight is 281 g/mol.